The molecule has 2 aromatic rings. The maximum absolute atomic E-state index is 5.70. The van der Waals surface area contributed by atoms with Crippen LogP contribution < -0.4 is 4.74 Å². The van der Waals surface area contributed by atoms with E-state index in [1.165, 1.54) is 5.56 Å². The molecular formula is C14H13O. The zero-order valence-electron chi connectivity index (χ0n) is 8.73. The molecule has 0 fully saturated rings. The number of rotatable bonds is 3. The molecule has 75 valence electrons. The van der Waals surface area contributed by atoms with Gasteiger partial charge in [0.05, 0.1) is 0 Å². The van der Waals surface area contributed by atoms with Crippen molar-refractivity contribution in [3.05, 3.63) is 60.2 Å². The fourth-order valence-corrected chi connectivity index (χ4v) is 1.40. The Morgan fingerprint density at radius 3 is 2.60 bits per heavy atom. The molecule has 0 N–H and O–H groups in total. The van der Waals surface area contributed by atoms with Gasteiger partial charge in [-0.3, -0.25) is 0 Å². The van der Waals surface area contributed by atoms with Crippen LogP contribution in [0.4, 0.5) is 0 Å². The van der Waals surface area contributed by atoms with Gasteiger partial charge < -0.3 is 4.74 Å². The minimum Gasteiger partial charge on any atom is -0.457 e. The topological polar surface area (TPSA) is 9.23 Å². The number of hydrogen-bond acceptors (Lipinski definition) is 1. The summed E-state index contributed by atoms with van der Waals surface area (Å²) in [5.74, 6) is 1.74. The molecule has 0 heterocycles. The monoisotopic (exact) mass is 197 g/mol. The summed E-state index contributed by atoms with van der Waals surface area (Å²) in [6.07, 6.45) is 1.03. The zero-order valence-corrected chi connectivity index (χ0v) is 8.73. The van der Waals surface area contributed by atoms with Crippen molar-refractivity contribution >= 4 is 0 Å². The molecule has 1 heteroatoms. The van der Waals surface area contributed by atoms with Gasteiger partial charge in [-0.05, 0) is 42.3 Å². The van der Waals surface area contributed by atoms with Crippen LogP contribution in [-0.4, -0.2) is 0 Å². The normalized spacial score (nSPS) is 9.93. The Labute approximate surface area is 90.3 Å². The predicted molar refractivity (Wildman–Crippen MR) is 61.2 cm³/mol. The second-order valence-electron chi connectivity index (χ2n) is 3.34. The van der Waals surface area contributed by atoms with Gasteiger partial charge in [-0.1, -0.05) is 31.2 Å². The van der Waals surface area contributed by atoms with Crippen molar-refractivity contribution in [2.45, 2.75) is 13.3 Å². The van der Waals surface area contributed by atoms with Crippen LogP contribution in [0.25, 0.3) is 0 Å². The van der Waals surface area contributed by atoms with Crippen LogP contribution >= 0.6 is 0 Å². The molecule has 15 heavy (non-hydrogen) atoms. The highest BCUT2D eigenvalue weighted by Gasteiger charge is 1.96. The van der Waals surface area contributed by atoms with E-state index in [4.69, 9.17) is 4.74 Å². The Hall–Kier alpha value is -1.76. The molecule has 0 atom stereocenters. The molecule has 0 aromatic heterocycles. The Bertz CT molecular complexity index is 420. The summed E-state index contributed by atoms with van der Waals surface area (Å²) in [5.41, 5.74) is 1.29. The second kappa shape index (κ2) is 4.65. The molecule has 0 saturated carbocycles. The van der Waals surface area contributed by atoms with Crippen LogP contribution in [0.1, 0.15) is 12.5 Å². The van der Waals surface area contributed by atoms with Crippen LogP contribution in [0.3, 0.4) is 0 Å². The van der Waals surface area contributed by atoms with Crippen molar-refractivity contribution in [1.29, 1.82) is 0 Å². The highest BCUT2D eigenvalue weighted by atomic mass is 16.5. The molecule has 0 saturated heterocycles. The predicted octanol–water partition coefficient (Wildman–Crippen LogP) is 3.84. The Morgan fingerprint density at radius 2 is 1.87 bits per heavy atom. The van der Waals surface area contributed by atoms with Gasteiger partial charge in [-0.2, -0.15) is 0 Å². The van der Waals surface area contributed by atoms with Crippen LogP contribution in [-0.2, 0) is 6.42 Å². The molecule has 0 spiro atoms. The van der Waals surface area contributed by atoms with Gasteiger partial charge in [0.25, 0.3) is 0 Å². The van der Waals surface area contributed by atoms with E-state index in [-0.39, 0.29) is 0 Å². The van der Waals surface area contributed by atoms with Crippen LogP contribution in [0.15, 0.2) is 48.5 Å². The highest BCUT2D eigenvalue weighted by Crippen LogP contribution is 2.21. The van der Waals surface area contributed by atoms with Gasteiger partial charge >= 0.3 is 0 Å². The summed E-state index contributed by atoms with van der Waals surface area (Å²) >= 11 is 0. The molecule has 0 bridgehead atoms. The number of aryl methyl sites for hydroxylation is 1. The number of ether oxygens (including phenoxy) is 1. The van der Waals surface area contributed by atoms with Crippen molar-refractivity contribution in [3.63, 3.8) is 0 Å². The van der Waals surface area contributed by atoms with Crippen molar-refractivity contribution in [2.75, 3.05) is 0 Å². The second-order valence-corrected chi connectivity index (χ2v) is 3.34. The molecular weight excluding hydrogens is 184 g/mol. The van der Waals surface area contributed by atoms with Crippen LogP contribution in [0.2, 0.25) is 0 Å². The van der Waals surface area contributed by atoms with E-state index in [9.17, 15) is 0 Å². The Morgan fingerprint density at radius 1 is 1.07 bits per heavy atom. The number of hydrogen-bond donors (Lipinski definition) is 0. The van der Waals surface area contributed by atoms with Gasteiger partial charge in [0.2, 0.25) is 0 Å². The minimum absolute atomic E-state index is 0.849. The zero-order chi connectivity index (χ0) is 10.5. The molecule has 1 nitrogen and oxygen atoms in total. The summed E-state index contributed by atoms with van der Waals surface area (Å²) in [5, 5.41) is 0. The average Bonchev–Trinajstić information content (AvgIpc) is 2.31. The fraction of sp³-hybridized carbons (Fsp3) is 0.143. The standard InChI is InChI=1S/C14H13O/c1-2-12-7-6-10-14(11-12)15-13-8-4-3-5-9-13/h4-11H,2H2,1H3. The molecule has 0 aliphatic carbocycles. The van der Waals surface area contributed by atoms with Crippen molar-refractivity contribution in [3.8, 4) is 11.5 Å². The lowest BCUT2D eigenvalue weighted by atomic mass is 10.2. The third kappa shape index (κ3) is 2.59. The first-order chi connectivity index (χ1) is 7.38. The quantitative estimate of drug-likeness (QED) is 0.726. The molecule has 2 aromatic carbocycles. The van der Waals surface area contributed by atoms with E-state index in [2.05, 4.69) is 25.1 Å². The maximum Gasteiger partial charge on any atom is 0.127 e. The largest absolute Gasteiger partial charge is 0.457 e. The smallest absolute Gasteiger partial charge is 0.127 e. The highest BCUT2D eigenvalue weighted by molar-refractivity contribution is 5.33. The van der Waals surface area contributed by atoms with E-state index in [0.717, 1.165) is 17.9 Å². The minimum atomic E-state index is 0.849. The van der Waals surface area contributed by atoms with E-state index >= 15 is 0 Å². The van der Waals surface area contributed by atoms with Crippen LogP contribution in [0, 0.1) is 6.07 Å². The van der Waals surface area contributed by atoms with E-state index in [1.807, 2.05) is 36.4 Å². The first-order valence-corrected chi connectivity index (χ1v) is 5.11. The fourth-order valence-electron chi connectivity index (χ4n) is 1.40. The van der Waals surface area contributed by atoms with E-state index < -0.39 is 0 Å². The van der Waals surface area contributed by atoms with Crippen LogP contribution in [0.5, 0.6) is 11.5 Å². The van der Waals surface area contributed by atoms with Crippen molar-refractivity contribution < 1.29 is 4.74 Å². The summed E-state index contributed by atoms with van der Waals surface area (Å²) in [7, 11) is 0. The molecule has 0 aliphatic heterocycles. The summed E-state index contributed by atoms with van der Waals surface area (Å²) in [4.78, 5) is 0. The molecule has 1 radical (unpaired) electrons. The Balaban J connectivity index is 2.17. The van der Waals surface area contributed by atoms with Gasteiger partial charge in [-0.25, -0.2) is 0 Å². The molecule has 0 unspecified atom stereocenters. The van der Waals surface area contributed by atoms with Crippen molar-refractivity contribution in [2.24, 2.45) is 0 Å². The SMILES string of the molecule is CCc1cccc(Oc2cc[c]cc2)c1. The molecule has 2 rings (SSSR count). The lowest BCUT2D eigenvalue weighted by Gasteiger charge is -2.06. The average molecular weight is 197 g/mol. The van der Waals surface area contributed by atoms with Gasteiger partial charge in [0.1, 0.15) is 11.5 Å². The van der Waals surface area contributed by atoms with Gasteiger partial charge in [0.15, 0.2) is 0 Å². The lowest BCUT2D eigenvalue weighted by Crippen LogP contribution is -1.85. The maximum atomic E-state index is 5.70. The molecule has 0 amide bonds. The van der Waals surface area contributed by atoms with Gasteiger partial charge in [-0.15, -0.1) is 0 Å². The third-order valence-electron chi connectivity index (χ3n) is 2.23. The van der Waals surface area contributed by atoms with E-state index in [0.29, 0.717) is 0 Å². The van der Waals surface area contributed by atoms with E-state index in [1.54, 1.807) is 0 Å². The Kier molecular flexibility index (Phi) is 3.03. The molecule has 0 aliphatic rings. The summed E-state index contributed by atoms with van der Waals surface area (Å²) < 4.78 is 5.70. The first-order valence-electron chi connectivity index (χ1n) is 5.11. The van der Waals surface area contributed by atoms with Gasteiger partial charge in [0, 0.05) is 0 Å². The summed E-state index contributed by atoms with van der Waals surface area (Å²) in [6, 6.07) is 18.6. The van der Waals surface area contributed by atoms with Crippen molar-refractivity contribution in [1.82, 2.24) is 0 Å². The number of benzene rings is 2. The first kappa shape index (κ1) is 9.78. The summed E-state index contributed by atoms with van der Waals surface area (Å²) in [6.45, 7) is 2.14. The third-order valence-corrected chi connectivity index (χ3v) is 2.23. The lowest BCUT2D eigenvalue weighted by molar-refractivity contribution is 0.482.